The van der Waals surface area contributed by atoms with Gasteiger partial charge >= 0.3 is 0 Å². The number of fused-ring (bicyclic) bond motifs is 2. The van der Waals surface area contributed by atoms with E-state index in [1.165, 1.54) is 17.4 Å². The number of anilines is 1. The molecule has 0 saturated heterocycles. The van der Waals surface area contributed by atoms with Crippen LogP contribution in [-0.4, -0.2) is 22.4 Å². The normalized spacial score (nSPS) is 11.6. The molecule has 0 atom stereocenters. The third kappa shape index (κ3) is 2.99. The quantitative estimate of drug-likeness (QED) is 0.488. The number of carbonyl (C=O) groups is 1. The number of hydrogen-bond donors (Lipinski definition) is 0. The van der Waals surface area contributed by atoms with Gasteiger partial charge in [-0.15, -0.1) is 0 Å². The highest BCUT2D eigenvalue weighted by molar-refractivity contribution is 7.22. The first-order chi connectivity index (χ1) is 12.7. The number of likely N-dealkylation sites (N-methyl/N-ethyl adjacent to an activating group) is 1. The van der Waals surface area contributed by atoms with Crippen molar-refractivity contribution < 1.29 is 9.21 Å². The summed E-state index contributed by atoms with van der Waals surface area (Å²) >= 11 is 1.52. The number of para-hydroxylation sites is 3. The molecule has 2 aromatic heterocycles. The fraction of sp³-hybridized carbons (Fsp3) is 0.150. The number of hydrogen-bond acceptors (Lipinski definition) is 5. The zero-order valence-electron chi connectivity index (χ0n) is 14.5. The number of thiazole rings is 1. The number of nitrogens with zero attached hydrogens (tertiary/aromatic N) is 3. The molecule has 5 nitrogen and oxygen atoms in total. The van der Waals surface area contributed by atoms with Crippen LogP contribution in [0.3, 0.4) is 0 Å². The zero-order valence-corrected chi connectivity index (χ0v) is 15.3. The van der Waals surface area contributed by atoms with Crippen LogP contribution in [0.25, 0.3) is 27.4 Å². The Hall–Kier alpha value is -2.99. The highest BCUT2D eigenvalue weighted by Crippen LogP contribution is 2.30. The Labute approximate surface area is 154 Å². The smallest absolute Gasteiger partial charge is 0.252 e. The first kappa shape index (κ1) is 16.5. The maximum absolute atomic E-state index is 12.7. The monoisotopic (exact) mass is 363 g/mol. The van der Waals surface area contributed by atoms with Crippen LogP contribution in [0.2, 0.25) is 0 Å². The van der Waals surface area contributed by atoms with Gasteiger partial charge in [0.05, 0.1) is 10.2 Å². The van der Waals surface area contributed by atoms with Gasteiger partial charge < -0.3 is 4.42 Å². The van der Waals surface area contributed by atoms with Crippen LogP contribution < -0.4 is 4.90 Å². The Morgan fingerprint density at radius 1 is 1.19 bits per heavy atom. The first-order valence-corrected chi connectivity index (χ1v) is 9.18. The van der Waals surface area contributed by atoms with Gasteiger partial charge in [0.1, 0.15) is 5.52 Å². The lowest BCUT2D eigenvalue weighted by atomic mass is 10.2. The second kappa shape index (κ2) is 6.72. The Balaban J connectivity index is 1.60. The van der Waals surface area contributed by atoms with Crippen LogP contribution in [0, 0.1) is 6.92 Å². The molecule has 130 valence electrons. The standard InChI is InChI=1S/C20H17N3O2S/c1-3-23(20-22-19-13(2)7-6-10-16(19)26-20)18(24)12-11-17-21-14-8-4-5-9-15(14)25-17/h4-12H,3H2,1-2H3/b12-11+. The Morgan fingerprint density at radius 2 is 2.04 bits per heavy atom. The van der Waals surface area contributed by atoms with E-state index in [9.17, 15) is 4.79 Å². The van der Waals surface area contributed by atoms with Gasteiger partial charge in [0.25, 0.3) is 5.91 Å². The summed E-state index contributed by atoms with van der Waals surface area (Å²) in [6.45, 7) is 4.50. The van der Waals surface area contributed by atoms with E-state index in [0.717, 1.165) is 21.3 Å². The minimum atomic E-state index is -0.147. The minimum Gasteiger partial charge on any atom is -0.437 e. The third-order valence-corrected chi connectivity index (χ3v) is 5.15. The SMILES string of the molecule is CCN(C(=O)/C=C/c1nc2ccccc2o1)c1nc2c(C)cccc2s1. The van der Waals surface area contributed by atoms with E-state index in [0.29, 0.717) is 23.2 Å². The van der Waals surface area contributed by atoms with Crippen molar-refractivity contribution in [3.63, 3.8) is 0 Å². The van der Waals surface area contributed by atoms with Crippen molar-refractivity contribution in [2.24, 2.45) is 0 Å². The highest BCUT2D eigenvalue weighted by Gasteiger charge is 2.17. The third-order valence-electron chi connectivity index (χ3n) is 4.10. The molecule has 4 aromatic rings. The Morgan fingerprint density at radius 3 is 2.81 bits per heavy atom. The van der Waals surface area contributed by atoms with Crippen LogP contribution in [0.1, 0.15) is 18.4 Å². The fourth-order valence-corrected chi connectivity index (χ4v) is 3.88. The largest absolute Gasteiger partial charge is 0.437 e. The van der Waals surface area contributed by atoms with Crippen molar-refractivity contribution in [2.75, 3.05) is 11.4 Å². The lowest BCUT2D eigenvalue weighted by Crippen LogP contribution is -2.28. The molecule has 0 aliphatic carbocycles. The molecule has 0 aliphatic heterocycles. The molecule has 0 N–H and O–H groups in total. The van der Waals surface area contributed by atoms with E-state index >= 15 is 0 Å². The van der Waals surface area contributed by atoms with Crippen molar-refractivity contribution in [3.8, 4) is 0 Å². The number of aromatic nitrogens is 2. The summed E-state index contributed by atoms with van der Waals surface area (Å²) in [6, 6.07) is 13.6. The van der Waals surface area contributed by atoms with E-state index in [1.54, 1.807) is 11.0 Å². The van der Waals surface area contributed by atoms with Gasteiger partial charge in [-0.1, -0.05) is 35.6 Å². The van der Waals surface area contributed by atoms with Crippen LogP contribution in [0.5, 0.6) is 0 Å². The topological polar surface area (TPSA) is 59.2 Å². The van der Waals surface area contributed by atoms with Gasteiger partial charge in [0.15, 0.2) is 10.7 Å². The van der Waals surface area contributed by atoms with E-state index in [-0.39, 0.29) is 5.91 Å². The molecule has 0 bridgehead atoms. The van der Waals surface area contributed by atoms with Crippen LogP contribution in [-0.2, 0) is 4.79 Å². The van der Waals surface area contributed by atoms with E-state index < -0.39 is 0 Å². The zero-order chi connectivity index (χ0) is 18.1. The molecule has 0 unspecified atom stereocenters. The number of aryl methyl sites for hydroxylation is 1. The maximum atomic E-state index is 12.7. The van der Waals surface area contributed by atoms with Crippen molar-refractivity contribution in [1.82, 2.24) is 9.97 Å². The summed E-state index contributed by atoms with van der Waals surface area (Å²) in [4.78, 5) is 23.3. The van der Waals surface area contributed by atoms with Crippen molar-refractivity contribution in [1.29, 1.82) is 0 Å². The molecule has 4 rings (SSSR count). The summed E-state index contributed by atoms with van der Waals surface area (Å²) < 4.78 is 6.70. The lowest BCUT2D eigenvalue weighted by molar-refractivity contribution is -0.114. The van der Waals surface area contributed by atoms with Crippen molar-refractivity contribution >= 4 is 49.8 Å². The number of carbonyl (C=O) groups excluding carboxylic acids is 1. The van der Waals surface area contributed by atoms with Gasteiger partial charge in [0.2, 0.25) is 5.89 Å². The van der Waals surface area contributed by atoms with Gasteiger partial charge in [-0.25, -0.2) is 9.97 Å². The Kier molecular flexibility index (Phi) is 4.26. The molecule has 0 spiro atoms. The fourth-order valence-electron chi connectivity index (χ4n) is 2.77. The summed E-state index contributed by atoms with van der Waals surface area (Å²) in [5.74, 6) is 0.266. The molecule has 0 radical (unpaired) electrons. The first-order valence-electron chi connectivity index (χ1n) is 8.37. The van der Waals surface area contributed by atoms with Gasteiger partial charge in [-0.3, -0.25) is 9.69 Å². The number of amides is 1. The van der Waals surface area contributed by atoms with Gasteiger partial charge in [-0.2, -0.15) is 0 Å². The molecular formula is C20H17N3O2S. The van der Waals surface area contributed by atoms with Crippen molar-refractivity contribution in [3.05, 3.63) is 60.0 Å². The number of oxazole rings is 1. The van der Waals surface area contributed by atoms with E-state index in [2.05, 4.69) is 9.97 Å². The molecule has 0 saturated carbocycles. The molecule has 0 fully saturated rings. The summed E-state index contributed by atoms with van der Waals surface area (Å²) in [7, 11) is 0. The average Bonchev–Trinajstić information content (AvgIpc) is 3.25. The van der Waals surface area contributed by atoms with Crippen LogP contribution in [0.15, 0.2) is 53.0 Å². The maximum Gasteiger partial charge on any atom is 0.252 e. The second-order valence-corrected chi connectivity index (χ2v) is 6.86. The van der Waals surface area contributed by atoms with Gasteiger partial charge in [0, 0.05) is 18.7 Å². The Bertz CT molecular complexity index is 1090. The number of rotatable bonds is 4. The summed E-state index contributed by atoms with van der Waals surface area (Å²) in [5.41, 5.74) is 3.53. The average molecular weight is 363 g/mol. The highest BCUT2D eigenvalue weighted by atomic mass is 32.1. The molecule has 2 heterocycles. The van der Waals surface area contributed by atoms with E-state index in [1.807, 2.05) is 56.3 Å². The molecule has 6 heteroatoms. The van der Waals surface area contributed by atoms with Crippen LogP contribution >= 0.6 is 11.3 Å². The molecule has 2 aromatic carbocycles. The predicted molar refractivity (Wildman–Crippen MR) is 105 cm³/mol. The van der Waals surface area contributed by atoms with E-state index in [4.69, 9.17) is 4.42 Å². The van der Waals surface area contributed by atoms with Gasteiger partial charge in [-0.05, 0) is 37.6 Å². The minimum absolute atomic E-state index is 0.147. The second-order valence-electron chi connectivity index (χ2n) is 5.85. The summed E-state index contributed by atoms with van der Waals surface area (Å²) in [6.07, 6.45) is 3.08. The molecule has 1 amide bonds. The predicted octanol–water partition coefficient (Wildman–Crippen LogP) is 4.81. The van der Waals surface area contributed by atoms with Crippen molar-refractivity contribution in [2.45, 2.75) is 13.8 Å². The lowest BCUT2D eigenvalue weighted by Gasteiger charge is -2.14. The molecular weight excluding hydrogens is 346 g/mol. The molecule has 0 aliphatic rings. The summed E-state index contributed by atoms with van der Waals surface area (Å²) in [5, 5.41) is 0.698. The molecule has 26 heavy (non-hydrogen) atoms. The number of benzene rings is 2. The van der Waals surface area contributed by atoms with Crippen LogP contribution in [0.4, 0.5) is 5.13 Å².